The number of aliphatic carboxylic acids is 1. The Morgan fingerprint density at radius 3 is 2.44 bits per heavy atom. The molecule has 0 bridgehead atoms. The average molecular weight is 502 g/mol. The van der Waals surface area contributed by atoms with Crippen LogP contribution in [0.4, 0.5) is 4.39 Å². The number of carboxylic acids is 1. The topological polar surface area (TPSA) is 96.0 Å². The van der Waals surface area contributed by atoms with Crippen molar-refractivity contribution >= 4 is 71.2 Å². The summed E-state index contributed by atoms with van der Waals surface area (Å²) in [6.45, 7) is 1.02. The Hall–Kier alpha value is -2.81. The van der Waals surface area contributed by atoms with Crippen LogP contribution in [-0.4, -0.2) is 71.0 Å². The highest BCUT2D eigenvalue weighted by atomic mass is 32.2. The first-order valence-electron chi connectivity index (χ1n) is 11.8. The number of carbonyl (C=O) groups is 1. The molecule has 0 spiro atoms. The maximum absolute atomic E-state index is 14.0. The molecule has 1 saturated heterocycles. The van der Waals surface area contributed by atoms with E-state index in [2.05, 4.69) is 4.31 Å². The van der Waals surface area contributed by atoms with Gasteiger partial charge in [0.1, 0.15) is 54.7 Å². The number of benzene rings is 3. The van der Waals surface area contributed by atoms with Crippen LogP contribution < -0.4 is 32.3 Å². The highest BCUT2D eigenvalue weighted by molar-refractivity contribution is 7.97. The predicted molar refractivity (Wildman–Crippen MR) is 153 cm³/mol. The third kappa shape index (κ3) is 5.16. The van der Waals surface area contributed by atoms with Crippen molar-refractivity contribution in [3.63, 3.8) is 0 Å². The van der Waals surface area contributed by atoms with Gasteiger partial charge in [-0.3, -0.25) is 4.79 Å². The second-order valence-corrected chi connectivity index (χ2v) is 10.6. The van der Waals surface area contributed by atoms with Crippen LogP contribution in [0.1, 0.15) is 11.1 Å². The van der Waals surface area contributed by atoms with Crippen LogP contribution in [0.15, 0.2) is 53.4 Å². The number of nitrogens with two attached hydrogens (primary N) is 1. The lowest BCUT2D eigenvalue weighted by Gasteiger charge is -2.50. The average Bonchev–Trinajstić information content (AvgIpc) is 2.80. The number of aromatic hydroxyl groups is 1. The van der Waals surface area contributed by atoms with E-state index < -0.39 is 17.6 Å². The zero-order valence-electron chi connectivity index (χ0n) is 20.8. The lowest BCUT2D eigenvalue weighted by molar-refractivity contribution is -0.138. The first-order chi connectivity index (χ1) is 17.0. The second kappa shape index (κ2) is 10.3. The van der Waals surface area contributed by atoms with Crippen LogP contribution in [0.3, 0.4) is 0 Å². The standard InChI is InChI=1S/C24H27B4FN2O4S/c25-18-17(19(26)22(32)21(28)20(18)27)24(35-14-5-2-4-13(29)9-14)10-31(11-24)36-15-6-1-3-12(7-15)8-16(30)23(33)34/h1-7,9,16,32H,8,10-11,25-28,30H2,(H,33,34). The smallest absolute Gasteiger partial charge is 0.320 e. The van der Waals surface area contributed by atoms with E-state index in [0.717, 1.165) is 37.9 Å². The van der Waals surface area contributed by atoms with Gasteiger partial charge in [-0.2, -0.15) is 0 Å². The molecule has 1 fully saturated rings. The van der Waals surface area contributed by atoms with E-state index in [1.165, 1.54) is 12.1 Å². The molecule has 36 heavy (non-hydrogen) atoms. The minimum atomic E-state index is -1.03. The lowest BCUT2D eigenvalue weighted by Crippen LogP contribution is -2.65. The van der Waals surface area contributed by atoms with Crippen molar-refractivity contribution in [1.29, 1.82) is 0 Å². The van der Waals surface area contributed by atoms with Crippen molar-refractivity contribution in [1.82, 2.24) is 4.31 Å². The molecular formula is C24H27B4FN2O4S. The summed E-state index contributed by atoms with van der Waals surface area (Å²) in [5, 5.41) is 20.0. The molecule has 0 radical (unpaired) electrons. The van der Waals surface area contributed by atoms with Gasteiger partial charge in [-0.05, 0) is 59.2 Å². The van der Waals surface area contributed by atoms with Gasteiger partial charge in [-0.15, -0.1) is 0 Å². The number of nitrogens with zero attached hydrogens (tertiary/aromatic N) is 1. The van der Waals surface area contributed by atoms with Crippen molar-refractivity contribution in [2.75, 3.05) is 13.1 Å². The Kier molecular flexibility index (Phi) is 7.50. The van der Waals surface area contributed by atoms with Crippen LogP contribution in [0, 0.1) is 5.82 Å². The normalized spacial score (nSPS) is 15.7. The molecule has 6 nitrogen and oxygen atoms in total. The highest BCUT2D eigenvalue weighted by Crippen LogP contribution is 2.41. The third-order valence-electron chi connectivity index (χ3n) is 6.92. The van der Waals surface area contributed by atoms with Crippen LogP contribution in [-0.2, 0) is 16.8 Å². The summed E-state index contributed by atoms with van der Waals surface area (Å²) in [5.74, 6) is -0.719. The molecule has 182 valence electrons. The number of hydrogen-bond acceptors (Lipinski definition) is 6. The maximum atomic E-state index is 14.0. The van der Waals surface area contributed by atoms with Crippen LogP contribution in [0.2, 0.25) is 0 Å². The molecule has 1 heterocycles. The fourth-order valence-electron chi connectivity index (χ4n) is 4.85. The van der Waals surface area contributed by atoms with Crippen molar-refractivity contribution in [3.8, 4) is 11.5 Å². The molecule has 0 aromatic heterocycles. The number of carboxylic acid groups (broad SMARTS) is 1. The number of phenolic OH excluding ortho intramolecular Hbond substituents is 1. The summed E-state index contributed by atoms with van der Waals surface area (Å²) in [4.78, 5) is 12.1. The van der Waals surface area contributed by atoms with E-state index in [9.17, 15) is 14.3 Å². The van der Waals surface area contributed by atoms with Crippen molar-refractivity contribution in [2.45, 2.75) is 23.0 Å². The van der Waals surface area contributed by atoms with Gasteiger partial charge in [0.25, 0.3) is 0 Å². The van der Waals surface area contributed by atoms with E-state index in [0.29, 0.717) is 18.8 Å². The van der Waals surface area contributed by atoms with E-state index in [1.807, 2.05) is 55.7 Å². The second-order valence-electron chi connectivity index (χ2n) is 9.46. The van der Waals surface area contributed by atoms with Gasteiger partial charge >= 0.3 is 5.97 Å². The molecule has 1 atom stereocenters. The zero-order valence-corrected chi connectivity index (χ0v) is 21.7. The summed E-state index contributed by atoms with van der Waals surface area (Å²) < 4.78 is 22.6. The fraction of sp³-hybridized carbons (Fsp3) is 0.208. The summed E-state index contributed by atoms with van der Waals surface area (Å²) in [6.07, 6.45) is 0.247. The van der Waals surface area contributed by atoms with Gasteiger partial charge in [0, 0.05) is 11.0 Å². The molecule has 0 saturated carbocycles. The minimum absolute atomic E-state index is 0.247. The minimum Gasteiger partial charge on any atom is -0.509 e. The maximum Gasteiger partial charge on any atom is 0.320 e. The number of halogens is 1. The number of phenols is 1. The zero-order chi connectivity index (χ0) is 26.2. The molecule has 3 aromatic rings. The van der Waals surface area contributed by atoms with Crippen molar-refractivity contribution in [3.05, 3.63) is 65.5 Å². The summed E-state index contributed by atoms with van der Waals surface area (Å²) in [7, 11) is 7.82. The number of hydrogen-bond donors (Lipinski definition) is 3. The molecule has 12 heteroatoms. The van der Waals surface area contributed by atoms with E-state index in [-0.39, 0.29) is 18.0 Å². The quantitative estimate of drug-likeness (QED) is 0.221. The van der Waals surface area contributed by atoms with E-state index >= 15 is 0 Å². The summed E-state index contributed by atoms with van der Waals surface area (Å²) >= 11 is 1.54. The Morgan fingerprint density at radius 2 is 1.78 bits per heavy atom. The Balaban J connectivity index is 1.63. The molecule has 1 unspecified atom stereocenters. The first kappa shape index (κ1) is 26.3. The van der Waals surface area contributed by atoms with Crippen LogP contribution >= 0.6 is 11.9 Å². The van der Waals surface area contributed by atoms with Crippen LogP contribution in [0.5, 0.6) is 11.5 Å². The Morgan fingerprint density at radius 1 is 1.08 bits per heavy atom. The van der Waals surface area contributed by atoms with Crippen molar-refractivity contribution in [2.24, 2.45) is 5.73 Å². The Bertz CT molecular complexity index is 1290. The molecule has 3 aromatic carbocycles. The number of rotatable bonds is 8. The van der Waals surface area contributed by atoms with Crippen molar-refractivity contribution < 1.29 is 24.1 Å². The summed E-state index contributed by atoms with van der Waals surface area (Å²) in [5.41, 5.74) is 10.4. The monoisotopic (exact) mass is 502 g/mol. The van der Waals surface area contributed by atoms with E-state index in [1.54, 1.807) is 24.1 Å². The molecule has 0 amide bonds. The molecule has 0 aliphatic carbocycles. The molecule has 4 rings (SSSR count). The van der Waals surface area contributed by atoms with Gasteiger partial charge in [0.2, 0.25) is 0 Å². The molecule has 1 aliphatic heterocycles. The van der Waals surface area contributed by atoms with Gasteiger partial charge < -0.3 is 20.7 Å². The molecule has 4 N–H and O–H groups in total. The summed E-state index contributed by atoms with van der Waals surface area (Å²) in [6, 6.07) is 12.8. The van der Waals surface area contributed by atoms with Gasteiger partial charge in [0.05, 0.1) is 13.1 Å². The SMILES string of the molecule is Bc1c(B)c(O)c(B)c(C2(Oc3cccc(F)c3)CN(Sc3cccc(CC(N)C(=O)O)c3)C2)c1B. The fourth-order valence-corrected chi connectivity index (χ4v) is 6.04. The van der Waals surface area contributed by atoms with Crippen LogP contribution in [0.25, 0.3) is 0 Å². The molecule has 1 aliphatic rings. The van der Waals surface area contributed by atoms with Gasteiger partial charge in [-0.1, -0.05) is 34.6 Å². The molecular weight excluding hydrogens is 475 g/mol. The van der Waals surface area contributed by atoms with Gasteiger partial charge in [-0.25, -0.2) is 8.70 Å². The first-order valence-corrected chi connectivity index (χ1v) is 12.5. The highest BCUT2D eigenvalue weighted by Gasteiger charge is 2.49. The largest absolute Gasteiger partial charge is 0.509 e. The van der Waals surface area contributed by atoms with Gasteiger partial charge in [0.15, 0.2) is 5.60 Å². The van der Waals surface area contributed by atoms with E-state index in [4.69, 9.17) is 15.6 Å². The Labute approximate surface area is 218 Å². The lowest BCUT2D eigenvalue weighted by atomic mass is 9.62. The number of ether oxygens (including phenoxy) is 1. The third-order valence-corrected chi connectivity index (χ3v) is 7.90. The predicted octanol–water partition coefficient (Wildman–Crippen LogP) is -3.18.